The summed E-state index contributed by atoms with van der Waals surface area (Å²) in [6, 6.07) is 16.2. The van der Waals surface area contributed by atoms with Gasteiger partial charge in [-0.05, 0) is 24.3 Å². The van der Waals surface area contributed by atoms with Gasteiger partial charge in [-0.15, -0.1) is 0 Å². The van der Waals surface area contributed by atoms with Crippen LogP contribution < -0.4 is 19.9 Å². The van der Waals surface area contributed by atoms with Crippen LogP contribution in [-0.2, 0) is 0 Å². The highest BCUT2D eigenvalue weighted by molar-refractivity contribution is 5.72. The van der Waals surface area contributed by atoms with Crippen LogP contribution in [0.3, 0.4) is 0 Å². The number of halogens is 6. The Balaban J connectivity index is 1.84. The second kappa shape index (κ2) is 9.94. The highest BCUT2D eigenvalue weighted by atomic mass is 19.4. The van der Waals surface area contributed by atoms with E-state index in [0.717, 1.165) is 0 Å². The third-order valence-corrected chi connectivity index (χ3v) is 5.04. The lowest BCUT2D eigenvalue weighted by atomic mass is 10.2. The number of rotatable bonds is 6. The van der Waals surface area contributed by atoms with Crippen LogP contribution in [-0.4, -0.2) is 59.6 Å². The van der Waals surface area contributed by atoms with Crippen molar-refractivity contribution in [2.24, 2.45) is 0 Å². The van der Waals surface area contributed by atoms with Crippen molar-refractivity contribution in [3.8, 4) is 6.01 Å². The molecule has 0 spiro atoms. The first-order chi connectivity index (χ1) is 16.6. The molecule has 0 aliphatic carbocycles. The number of para-hydroxylation sites is 2. The van der Waals surface area contributed by atoms with E-state index in [1.807, 2.05) is 0 Å². The van der Waals surface area contributed by atoms with E-state index in [9.17, 15) is 26.3 Å². The number of ether oxygens (including phenoxy) is 1. The lowest BCUT2D eigenvalue weighted by Crippen LogP contribution is -2.47. The Labute approximate surface area is 196 Å². The molecule has 13 heteroatoms. The second-order valence-electron chi connectivity index (χ2n) is 7.54. The molecule has 0 unspecified atom stereocenters. The first-order valence-electron chi connectivity index (χ1n) is 10.5. The standard InChI is InChI=1S/C22H20F6N6O/c23-21(24,25)17(22(26,27)28)35-20-31-18(33-13-11-29-12-14-33)30-19(32-20)34(15-7-3-1-4-8-15)16-9-5-2-6-10-16/h1-10,17,29H,11-14H2. The highest BCUT2D eigenvalue weighted by Gasteiger charge is 2.59. The second-order valence-corrected chi connectivity index (χ2v) is 7.54. The minimum absolute atomic E-state index is 0.0912. The van der Waals surface area contributed by atoms with Gasteiger partial charge in [0.1, 0.15) is 0 Å². The maximum atomic E-state index is 13.2. The number of piperazine rings is 1. The number of hydrogen-bond donors (Lipinski definition) is 1. The van der Waals surface area contributed by atoms with E-state index in [2.05, 4.69) is 25.0 Å². The third-order valence-electron chi connectivity index (χ3n) is 5.04. The molecule has 2 aromatic carbocycles. The smallest absolute Gasteiger partial charge is 0.434 e. The molecular weight excluding hydrogens is 478 g/mol. The first kappa shape index (κ1) is 24.5. The Bertz CT molecular complexity index is 1050. The largest absolute Gasteiger partial charge is 0.440 e. The van der Waals surface area contributed by atoms with Gasteiger partial charge in [-0.1, -0.05) is 36.4 Å². The summed E-state index contributed by atoms with van der Waals surface area (Å²) < 4.78 is 83.6. The summed E-state index contributed by atoms with van der Waals surface area (Å²) in [6.07, 6.45) is -15.5. The van der Waals surface area contributed by atoms with Gasteiger partial charge < -0.3 is 15.0 Å². The maximum Gasteiger partial charge on any atom is 0.434 e. The van der Waals surface area contributed by atoms with Crippen LogP contribution in [0, 0.1) is 0 Å². The van der Waals surface area contributed by atoms with Crippen molar-refractivity contribution >= 4 is 23.3 Å². The van der Waals surface area contributed by atoms with Gasteiger partial charge in [0.15, 0.2) is 0 Å². The maximum absolute atomic E-state index is 13.2. The molecule has 1 fully saturated rings. The molecule has 35 heavy (non-hydrogen) atoms. The zero-order valence-corrected chi connectivity index (χ0v) is 18.1. The number of alkyl halides is 6. The molecule has 0 atom stereocenters. The van der Waals surface area contributed by atoms with Gasteiger partial charge >= 0.3 is 18.4 Å². The van der Waals surface area contributed by atoms with Crippen molar-refractivity contribution < 1.29 is 31.1 Å². The van der Waals surface area contributed by atoms with Crippen LogP contribution in [0.25, 0.3) is 0 Å². The molecule has 4 rings (SSSR count). The van der Waals surface area contributed by atoms with Crippen molar-refractivity contribution in [3.63, 3.8) is 0 Å². The summed E-state index contributed by atoms with van der Waals surface area (Å²) in [7, 11) is 0. The van der Waals surface area contributed by atoms with E-state index in [4.69, 9.17) is 0 Å². The van der Waals surface area contributed by atoms with E-state index >= 15 is 0 Å². The summed E-state index contributed by atoms with van der Waals surface area (Å²) in [5.74, 6) is -0.282. The molecule has 1 aliphatic rings. The lowest BCUT2D eigenvalue weighted by molar-refractivity contribution is -0.301. The normalized spacial score (nSPS) is 14.8. The SMILES string of the molecule is FC(F)(F)C(Oc1nc(N2CCNCC2)nc(N(c2ccccc2)c2ccccc2)n1)C(F)(F)F. The van der Waals surface area contributed by atoms with E-state index < -0.39 is 24.5 Å². The predicted octanol–water partition coefficient (Wildman–Crippen LogP) is 4.62. The Kier molecular flexibility index (Phi) is 6.96. The molecule has 0 saturated carbocycles. The molecule has 1 N–H and O–H groups in total. The Morgan fingerprint density at radius 2 is 1.29 bits per heavy atom. The Morgan fingerprint density at radius 1 is 0.771 bits per heavy atom. The van der Waals surface area contributed by atoms with Gasteiger partial charge in [0.2, 0.25) is 11.9 Å². The van der Waals surface area contributed by atoms with Gasteiger partial charge in [-0.25, -0.2) is 0 Å². The van der Waals surface area contributed by atoms with Crippen LogP contribution in [0.1, 0.15) is 0 Å². The van der Waals surface area contributed by atoms with E-state index in [1.165, 1.54) is 4.90 Å². The average molecular weight is 498 g/mol. The van der Waals surface area contributed by atoms with Crippen LogP contribution >= 0.6 is 0 Å². The molecule has 186 valence electrons. The minimum Gasteiger partial charge on any atom is -0.440 e. The van der Waals surface area contributed by atoms with Crippen LogP contribution in [0.4, 0.5) is 49.6 Å². The number of benzene rings is 2. The summed E-state index contributed by atoms with van der Waals surface area (Å²) in [4.78, 5) is 15.2. The highest BCUT2D eigenvalue weighted by Crippen LogP contribution is 2.37. The molecular formula is C22H20F6N6O. The van der Waals surface area contributed by atoms with Gasteiger partial charge in [0, 0.05) is 37.6 Å². The van der Waals surface area contributed by atoms with Crippen molar-refractivity contribution in [2.45, 2.75) is 18.5 Å². The molecule has 1 aromatic heterocycles. The van der Waals surface area contributed by atoms with Crippen molar-refractivity contribution in [3.05, 3.63) is 60.7 Å². The van der Waals surface area contributed by atoms with Crippen molar-refractivity contribution in [2.75, 3.05) is 36.0 Å². The zero-order valence-electron chi connectivity index (χ0n) is 18.1. The fourth-order valence-corrected chi connectivity index (χ4v) is 3.45. The van der Waals surface area contributed by atoms with Crippen LogP contribution in [0.15, 0.2) is 60.7 Å². The number of aromatic nitrogens is 3. The number of anilines is 4. The molecule has 0 bridgehead atoms. The van der Waals surface area contributed by atoms with E-state index in [0.29, 0.717) is 37.6 Å². The van der Waals surface area contributed by atoms with E-state index in [-0.39, 0.29) is 11.9 Å². The minimum atomic E-state index is -5.72. The summed E-state index contributed by atoms with van der Waals surface area (Å²) in [6.45, 7) is 1.85. The van der Waals surface area contributed by atoms with Gasteiger partial charge in [0.25, 0.3) is 6.10 Å². The third kappa shape index (κ3) is 5.91. The van der Waals surface area contributed by atoms with Crippen molar-refractivity contribution in [1.82, 2.24) is 20.3 Å². The van der Waals surface area contributed by atoms with Crippen LogP contribution in [0.2, 0.25) is 0 Å². The molecule has 1 aliphatic heterocycles. The number of nitrogens with one attached hydrogen (secondary N) is 1. The van der Waals surface area contributed by atoms with Gasteiger partial charge in [0.05, 0.1) is 0 Å². The summed E-state index contributed by atoms with van der Waals surface area (Å²) in [5, 5.41) is 3.11. The fourth-order valence-electron chi connectivity index (χ4n) is 3.45. The van der Waals surface area contributed by atoms with Crippen molar-refractivity contribution in [1.29, 1.82) is 0 Å². The molecule has 0 radical (unpaired) electrons. The van der Waals surface area contributed by atoms with Gasteiger partial charge in [-0.2, -0.15) is 41.3 Å². The Hall–Kier alpha value is -3.61. The molecule has 2 heterocycles. The quantitative estimate of drug-likeness (QED) is 0.498. The summed E-state index contributed by atoms with van der Waals surface area (Å²) in [5.41, 5.74) is 1.07. The zero-order chi connectivity index (χ0) is 25.1. The van der Waals surface area contributed by atoms with Gasteiger partial charge in [-0.3, -0.25) is 4.90 Å². The topological polar surface area (TPSA) is 66.4 Å². The fraction of sp³-hybridized carbons (Fsp3) is 0.318. The predicted molar refractivity (Wildman–Crippen MR) is 116 cm³/mol. The average Bonchev–Trinajstić information content (AvgIpc) is 2.83. The summed E-state index contributed by atoms with van der Waals surface area (Å²) >= 11 is 0. The molecule has 0 amide bonds. The Morgan fingerprint density at radius 3 is 1.77 bits per heavy atom. The van der Waals surface area contributed by atoms with Crippen LogP contribution in [0.5, 0.6) is 6.01 Å². The number of nitrogens with zero attached hydrogens (tertiary/aromatic N) is 5. The number of hydrogen-bond acceptors (Lipinski definition) is 7. The van der Waals surface area contributed by atoms with E-state index in [1.54, 1.807) is 65.6 Å². The molecule has 3 aromatic rings. The lowest BCUT2D eigenvalue weighted by Gasteiger charge is -2.30. The first-order valence-corrected chi connectivity index (χ1v) is 10.5. The monoisotopic (exact) mass is 498 g/mol. The molecule has 1 saturated heterocycles. The molecule has 7 nitrogen and oxygen atoms in total.